The van der Waals surface area contributed by atoms with Crippen LogP contribution >= 0.6 is 7.82 Å². The molecule has 37 heavy (non-hydrogen) atoms. The second kappa shape index (κ2) is 38.3. The van der Waals surface area contributed by atoms with Crippen molar-refractivity contribution in [2.24, 2.45) is 0 Å². The van der Waals surface area contributed by atoms with E-state index in [1.807, 2.05) is 0 Å². The van der Waals surface area contributed by atoms with Gasteiger partial charge in [0.2, 0.25) is 0 Å². The van der Waals surface area contributed by atoms with Crippen LogP contribution in [0, 0.1) is 0 Å². The molecule has 0 aromatic heterocycles. The molecule has 0 aromatic rings. The topological polar surface area (TPSA) is 77.8 Å². The summed E-state index contributed by atoms with van der Waals surface area (Å²) in [6.45, 7) is 9.16. The van der Waals surface area contributed by atoms with Crippen molar-refractivity contribution in [2.75, 3.05) is 0 Å². The Morgan fingerprint density at radius 2 is 0.378 bits per heavy atom. The monoisotopic (exact) mass is 551 g/mol. The maximum atomic E-state index is 8.88. The van der Waals surface area contributed by atoms with Crippen LogP contribution < -0.4 is 0 Å². The molecular weight excluding hydrogens is 479 g/mol. The van der Waals surface area contributed by atoms with E-state index >= 15 is 0 Å². The predicted octanol–water partition coefficient (Wildman–Crippen LogP) is 12.0. The van der Waals surface area contributed by atoms with Crippen molar-refractivity contribution < 1.29 is 19.2 Å². The van der Waals surface area contributed by atoms with Crippen LogP contribution in [0.1, 0.15) is 207 Å². The lowest BCUT2D eigenvalue weighted by atomic mass is 10.0. The Bertz CT molecular complexity index is 347. The maximum Gasteiger partial charge on any atom is 0.466 e. The molecule has 0 aliphatic carbocycles. The molecule has 5 heteroatoms. The van der Waals surface area contributed by atoms with E-state index in [2.05, 4.69) is 27.7 Å². The van der Waals surface area contributed by atoms with E-state index in [1.165, 1.54) is 180 Å². The lowest BCUT2D eigenvalue weighted by Crippen LogP contribution is -1.82. The minimum Gasteiger partial charge on any atom is -0.303 e. The van der Waals surface area contributed by atoms with Crippen molar-refractivity contribution in [3.63, 3.8) is 0 Å². The Kier molecular flexibility index (Phi) is 43.0. The van der Waals surface area contributed by atoms with Gasteiger partial charge in [0.05, 0.1) is 0 Å². The summed E-state index contributed by atoms with van der Waals surface area (Å²) in [5, 5.41) is 0. The summed E-state index contributed by atoms with van der Waals surface area (Å²) < 4.78 is 8.88. The van der Waals surface area contributed by atoms with Crippen molar-refractivity contribution >= 4 is 7.82 Å². The molecule has 4 nitrogen and oxygen atoms in total. The van der Waals surface area contributed by atoms with Crippen LogP contribution in [0.4, 0.5) is 0 Å². The number of hydrogen-bond donors (Lipinski definition) is 3. The van der Waals surface area contributed by atoms with Crippen LogP contribution in [0.2, 0.25) is 0 Å². The Labute approximate surface area is 234 Å². The first-order valence-electron chi connectivity index (χ1n) is 16.6. The average molecular weight is 551 g/mol. The van der Waals surface area contributed by atoms with E-state index in [0.29, 0.717) is 0 Å². The molecule has 0 amide bonds. The molecule has 0 fully saturated rings. The molecule has 0 saturated carbocycles. The maximum absolute atomic E-state index is 8.88. The largest absolute Gasteiger partial charge is 0.466 e. The minimum atomic E-state index is -4.64. The van der Waals surface area contributed by atoms with Gasteiger partial charge < -0.3 is 14.7 Å². The third-order valence-electron chi connectivity index (χ3n) is 6.91. The van der Waals surface area contributed by atoms with Crippen LogP contribution in [0.15, 0.2) is 0 Å². The summed E-state index contributed by atoms with van der Waals surface area (Å²) in [6.07, 6.45) is 40.8. The number of hydrogen-bond acceptors (Lipinski definition) is 1. The number of unbranched alkanes of at least 4 members (excludes halogenated alkanes) is 26. The van der Waals surface area contributed by atoms with Crippen LogP contribution in [0.25, 0.3) is 0 Å². The van der Waals surface area contributed by atoms with Gasteiger partial charge in [-0.1, -0.05) is 207 Å². The summed E-state index contributed by atoms with van der Waals surface area (Å²) in [4.78, 5) is 21.6. The molecule has 0 heterocycles. The molecule has 0 aliphatic rings. The first-order chi connectivity index (χ1) is 17.8. The first kappa shape index (κ1) is 41.6. The summed E-state index contributed by atoms with van der Waals surface area (Å²) >= 11 is 0. The molecule has 228 valence electrons. The van der Waals surface area contributed by atoms with Gasteiger partial charge in [-0.05, 0) is 0 Å². The van der Waals surface area contributed by atoms with Crippen molar-refractivity contribution in [3.05, 3.63) is 0 Å². The normalized spacial score (nSPS) is 11.0. The first-order valence-corrected chi connectivity index (χ1v) is 18.2. The van der Waals surface area contributed by atoms with Crippen molar-refractivity contribution in [2.45, 2.75) is 207 Å². The second-order valence-corrected chi connectivity index (χ2v) is 12.0. The van der Waals surface area contributed by atoms with Gasteiger partial charge in [-0.3, -0.25) is 0 Å². The number of phosphoric acid groups is 1. The van der Waals surface area contributed by atoms with E-state index < -0.39 is 7.82 Å². The third kappa shape index (κ3) is 61.6. The molecular formula is C32H71O4P. The molecule has 3 N–H and O–H groups in total. The Hall–Kier alpha value is 0.110. The Morgan fingerprint density at radius 1 is 0.297 bits per heavy atom. The molecule has 0 atom stereocenters. The summed E-state index contributed by atoms with van der Waals surface area (Å²) in [5.74, 6) is 0. The van der Waals surface area contributed by atoms with Gasteiger partial charge >= 0.3 is 7.82 Å². The van der Waals surface area contributed by atoms with Crippen LogP contribution in [0.5, 0.6) is 0 Å². The molecule has 0 radical (unpaired) electrons. The standard InChI is InChI=1S/2C16H34.H3O4P/c2*1-3-5-7-9-11-13-15-16-14-12-10-8-6-4-2;1-5(2,3)4/h2*3-16H2,1-2H3;(H3,1,2,3,4). The fourth-order valence-corrected chi connectivity index (χ4v) is 4.54. The van der Waals surface area contributed by atoms with Crippen LogP contribution in [-0.2, 0) is 4.57 Å². The number of rotatable bonds is 26. The highest BCUT2D eigenvalue weighted by Crippen LogP contribution is 2.25. The van der Waals surface area contributed by atoms with Gasteiger partial charge in [0.1, 0.15) is 0 Å². The molecule has 0 rings (SSSR count). The van der Waals surface area contributed by atoms with Crippen molar-refractivity contribution in [3.8, 4) is 0 Å². The summed E-state index contributed by atoms with van der Waals surface area (Å²) in [6, 6.07) is 0. The molecule has 0 spiro atoms. The van der Waals surface area contributed by atoms with Crippen molar-refractivity contribution in [1.29, 1.82) is 0 Å². The van der Waals surface area contributed by atoms with E-state index in [1.54, 1.807) is 0 Å². The highest BCUT2D eigenvalue weighted by Gasteiger charge is 2.00. The predicted molar refractivity (Wildman–Crippen MR) is 166 cm³/mol. The fourth-order valence-electron chi connectivity index (χ4n) is 4.54. The van der Waals surface area contributed by atoms with E-state index in [4.69, 9.17) is 19.2 Å². The van der Waals surface area contributed by atoms with Gasteiger partial charge in [-0.15, -0.1) is 0 Å². The average Bonchev–Trinajstić information content (AvgIpc) is 2.85. The quantitative estimate of drug-likeness (QED) is 0.0739. The zero-order valence-corrected chi connectivity index (χ0v) is 26.9. The molecule has 0 aromatic carbocycles. The SMILES string of the molecule is CCCCCCCCCCCCCCCC.CCCCCCCCCCCCCCCC.O=P(O)(O)O. The zero-order valence-electron chi connectivity index (χ0n) is 26.0. The highest BCUT2D eigenvalue weighted by molar-refractivity contribution is 7.45. The van der Waals surface area contributed by atoms with E-state index in [0.717, 1.165) is 0 Å². The van der Waals surface area contributed by atoms with Gasteiger partial charge in [-0.25, -0.2) is 4.57 Å². The summed E-state index contributed by atoms with van der Waals surface area (Å²) in [5.41, 5.74) is 0. The van der Waals surface area contributed by atoms with Gasteiger partial charge in [0.15, 0.2) is 0 Å². The third-order valence-corrected chi connectivity index (χ3v) is 6.91. The highest BCUT2D eigenvalue weighted by atomic mass is 31.2. The van der Waals surface area contributed by atoms with E-state index in [-0.39, 0.29) is 0 Å². The Morgan fingerprint density at radius 3 is 0.459 bits per heavy atom. The smallest absolute Gasteiger partial charge is 0.303 e. The molecule has 0 aliphatic heterocycles. The molecule has 0 saturated heterocycles. The van der Waals surface area contributed by atoms with Crippen LogP contribution in [-0.4, -0.2) is 14.7 Å². The molecule has 0 bridgehead atoms. The second-order valence-electron chi connectivity index (χ2n) is 11.0. The Balaban J connectivity index is -0.000000528. The minimum absolute atomic E-state index is 1.37. The van der Waals surface area contributed by atoms with Gasteiger partial charge in [-0.2, -0.15) is 0 Å². The van der Waals surface area contributed by atoms with E-state index in [9.17, 15) is 0 Å². The fraction of sp³-hybridized carbons (Fsp3) is 1.00. The molecule has 0 unspecified atom stereocenters. The van der Waals surface area contributed by atoms with Crippen molar-refractivity contribution in [1.82, 2.24) is 0 Å². The zero-order chi connectivity index (χ0) is 28.3. The van der Waals surface area contributed by atoms with Gasteiger partial charge in [0.25, 0.3) is 0 Å². The van der Waals surface area contributed by atoms with Crippen LogP contribution in [0.3, 0.4) is 0 Å². The lowest BCUT2D eigenvalue weighted by Gasteiger charge is -2.02. The summed E-state index contributed by atoms with van der Waals surface area (Å²) in [7, 11) is -4.64. The van der Waals surface area contributed by atoms with Gasteiger partial charge in [0, 0.05) is 0 Å². The lowest BCUT2D eigenvalue weighted by molar-refractivity contribution is 0.275.